The number of hydrogen-bond acceptors (Lipinski definition) is 3. The van der Waals surface area contributed by atoms with Gasteiger partial charge in [0.25, 0.3) is 0 Å². The molecule has 1 aliphatic carbocycles. The highest BCUT2D eigenvalue weighted by Gasteiger charge is 2.22. The molecular formula is C15H16O3. The second-order valence-electron chi connectivity index (χ2n) is 4.56. The molecular weight excluding hydrogens is 228 g/mol. The third-order valence-corrected chi connectivity index (χ3v) is 3.70. The van der Waals surface area contributed by atoms with Crippen LogP contribution in [-0.2, 0) is 19.4 Å². The molecule has 0 unspecified atom stereocenters. The van der Waals surface area contributed by atoms with Crippen molar-refractivity contribution in [3.63, 3.8) is 0 Å². The summed E-state index contributed by atoms with van der Waals surface area (Å²) in [7, 11) is 3.30. The normalized spacial score (nSPS) is 13.1. The lowest BCUT2D eigenvalue weighted by atomic mass is 9.99. The Labute approximate surface area is 106 Å². The highest BCUT2D eigenvalue weighted by Crippen LogP contribution is 2.43. The van der Waals surface area contributed by atoms with E-state index >= 15 is 0 Å². The molecule has 0 atom stereocenters. The first kappa shape index (κ1) is 11.4. The fourth-order valence-corrected chi connectivity index (χ4v) is 2.92. The van der Waals surface area contributed by atoms with Crippen molar-refractivity contribution >= 4 is 10.8 Å². The zero-order valence-electron chi connectivity index (χ0n) is 10.6. The van der Waals surface area contributed by atoms with Gasteiger partial charge in [-0.15, -0.1) is 0 Å². The second kappa shape index (κ2) is 4.18. The molecule has 0 aromatic heterocycles. The predicted octanol–water partition coefficient (Wildman–Crippen LogP) is 2.45. The summed E-state index contributed by atoms with van der Waals surface area (Å²) in [6.45, 7) is -0.0144. The van der Waals surface area contributed by atoms with E-state index in [4.69, 9.17) is 9.47 Å². The molecule has 2 aromatic carbocycles. The molecule has 0 aliphatic heterocycles. The van der Waals surface area contributed by atoms with Gasteiger partial charge < -0.3 is 14.6 Å². The van der Waals surface area contributed by atoms with Gasteiger partial charge in [0.1, 0.15) is 11.5 Å². The lowest BCUT2D eigenvalue weighted by Crippen LogP contribution is -1.97. The van der Waals surface area contributed by atoms with Gasteiger partial charge in [0.15, 0.2) is 0 Å². The quantitative estimate of drug-likeness (QED) is 0.901. The summed E-state index contributed by atoms with van der Waals surface area (Å²) in [5.41, 5.74) is 3.45. The Balaban J connectivity index is 2.48. The van der Waals surface area contributed by atoms with Crippen LogP contribution in [0.2, 0.25) is 0 Å². The molecule has 0 saturated heterocycles. The van der Waals surface area contributed by atoms with Crippen LogP contribution in [0, 0.1) is 0 Å². The Morgan fingerprint density at radius 1 is 1.06 bits per heavy atom. The summed E-state index contributed by atoms with van der Waals surface area (Å²) in [4.78, 5) is 0. The molecule has 0 radical (unpaired) electrons. The maximum absolute atomic E-state index is 9.49. The first-order chi connectivity index (χ1) is 8.80. The van der Waals surface area contributed by atoms with Gasteiger partial charge in [0.2, 0.25) is 0 Å². The maximum atomic E-state index is 9.49. The monoisotopic (exact) mass is 244 g/mol. The molecule has 18 heavy (non-hydrogen) atoms. The van der Waals surface area contributed by atoms with Crippen molar-refractivity contribution in [2.75, 3.05) is 14.2 Å². The first-order valence-electron chi connectivity index (χ1n) is 6.09. The average Bonchev–Trinajstić information content (AvgIpc) is 2.83. The smallest absolute Gasteiger partial charge is 0.135 e. The molecule has 2 aromatic rings. The highest BCUT2D eigenvalue weighted by molar-refractivity contribution is 6.00. The van der Waals surface area contributed by atoms with Gasteiger partial charge in [-0.3, -0.25) is 0 Å². The van der Waals surface area contributed by atoms with E-state index in [1.165, 1.54) is 16.5 Å². The molecule has 3 rings (SSSR count). The van der Waals surface area contributed by atoms with E-state index in [0.29, 0.717) is 0 Å². The summed E-state index contributed by atoms with van der Waals surface area (Å²) < 4.78 is 10.9. The predicted molar refractivity (Wildman–Crippen MR) is 70.4 cm³/mol. The van der Waals surface area contributed by atoms with E-state index in [-0.39, 0.29) is 6.61 Å². The Hall–Kier alpha value is -1.74. The Bertz CT molecular complexity index is 617. The summed E-state index contributed by atoms with van der Waals surface area (Å²) in [6, 6.07) is 6.16. The largest absolute Gasteiger partial charge is 0.496 e. The Kier molecular flexibility index (Phi) is 2.63. The van der Waals surface area contributed by atoms with Gasteiger partial charge in [0.05, 0.1) is 26.2 Å². The van der Waals surface area contributed by atoms with Crippen LogP contribution in [0.15, 0.2) is 18.2 Å². The molecule has 94 valence electrons. The topological polar surface area (TPSA) is 38.7 Å². The van der Waals surface area contributed by atoms with Crippen LogP contribution in [0.25, 0.3) is 10.8 Å². The van der Waals surface area contributed by atoms with Gasteiger partial charge in [0, 0.05) is 5.56 Å². The number of hydrogen-bond donors (Lipinski definition) is 1. The summed E-state index contributed by atoms with van der Waals surface area (Å²) in [6.07, 6.45) is 2.07. The minimum absolute atomic E-state index is 0.0144. The summed E-state index contributed by atoms with van der Waals surface area (Å²) in [5, 5.41) is 11.7. The minimum Gasteiger partial charge on any atom is -0.496 e. The number of methoxy groups -OCH3 is 2. The lowest BCUT2D eigenvalue weighted by molar-refractivity contribution is 0.274. The van der Waals surface area contributed by atoms with E-state index in [0.717, 1.165) is 35.3 Å². The minimum atomic E-state index is -0.0144. The second-order valence-corrected chi connectivity index (χ2v) is 4.56. The molecule has 1 N–H and O–H groups in total. The standard InChI is InChI=1S/C15H16O3/c1-17-12-6-5-9-3-4-10-7-11(8-16)15(18-2)14(12)13(9)10/h5-7,16H,3-4,8H2,1-2H3. The van der Waals surface area contributed by atoms with Crippen molar-refractivity contribution in [2.45, 2.75) is 19.4 Å². The number of aliphatic hydroxyl groups excluding tert-OH is 1. The Morgan fingerprint density at radius 2 is 1.83 bits per heavy atom. The van der Waals surface area contributed by atoms with Gasteiger partial charge >= 0.3 is 0 Å². The fraction of sp³-hybridized carbons (Fsp3) is 0.333. The van der Waals surface area contributed by atoms with E-state index in [1.54, 1.807) is 14.2 Å². The van der Waals surface area contributed by atoms with Crippen LogP contribution < -0.4 is 9.47 Å². The van der Waals surface area contributed by atoms with Crippen molar-refractivity contribution in [1.29, 1.82) is 0 Å². The fourth-order valence-electron chi connectivity index (χ4n) is 2.92. The molecule has 0 bridgehead atoms. The SMILES string of the molecule is COc1ccc2c3c(cc(CO)c(OC)c13)CC2. The molecule has 0 fully saturated rings. The van der Waals surface area contributed by atoms with Gasteiger partial charge in [-0.1, -0.05) is 6.07 Å². The maximum Gasteiger partial charge on any atom is 0.135 e. The zero-order chi connectivity index (χ0) is 12.7. The molecule has 0 spiro atoms. The van der Waals surface area contributed by atoms with Crippen LogP contribution >= 0.6 is 0 Å². The third kappa shape index (κ3) is 1.40. The first-order valence-corrected chi connectivity index (χ1v) is 6.09. The van der Waals surface area contributed by atoms with Gasteiger partial charge in [-0.05, 0) is 41.5 Å². The van der Waals surface area contributed by atoms with Gasteiger partial charge in [-0.25, -0.2) is 0 Å². The molecule has 1 aliphatic rings. The highest BCUT2D eigenvalue weighted by atomic mass is 16.5. The van der Waals surface area contributed by atoms with Crippen LogP contribution in [0.3, 0.4) is 0 Å². The van der Waals surface area contributed by atoms with Crippen molar-refractivity contribution in [3.8, 4) is 11.5 Å². The molecule has 3 heteroatoms. The summed E-state index contributed by atoms with van der Waals surface area (Å²) >= 11 is 0. The molecule has 3 nitrogen and oxygen atoms in total. The third-order valence-electron chi connectivity index (χ3n) is 3.70. The van der Waals surface area contributed by atoms with Crippen molar-refractivity contribution < 1.29 is 14.6 Å². The van der Waals surface area contributed by atoms with Crippen LogP contribution in [-0.4, -0.2) is 19.3 Å². The summed E-state index contributed by atoms with van der Waals surface area (Å²) in [5.74, 6) is 1.54. The van der Waals surface area contributed by atoms with Crippen LogP contribution in [0.1, 0.15) is 16.7 Å². The zero-order valence-corrected chi connectivity index (χ0v) is 10.6. The van der Waals surface area contributed by atoms with E-state index in [9.17, 15) is 5.11 Å². The van der Waals surface area contributed by atoms with Gasteiger partial charge in [-0.2, -0.15) is 0 Å². The number of ether oxygens (including phenoxy) is 2. The van der Waals surface area contributed by atoms with Crippen LogP contribution in [0.4, 0.5) is 0 Å². The van der Waals surface area contributed by atoms with Crippen molar-refractivity contribution in [1.82, 2.24) is 0 Å². The van der Waals surface area contributed by atoms with Crippen LogP contribution in [0.5, 0.6) is 11.5 Å². The van der Waals surface area contributed by atoms with Crippen molar-refractivity contribution in [3.05, 3.63) is 34.9 Å². The number of rotatable bonds is 3. The number of aliphatic hydroxyl groups is 1. The van der Waals surface area contributed by atoms with Crippen molar-refractivity contribution in [2.24, 2.45) is 0 Å². The average molecular weight is 244 g/mol. The lowest BCUT2D eigenvalue weighted by Gasteiger charge is -2.15. The van der Waals surface area contributed by atoms with E-state index in [2.05, 4.69) is 12.1 Å². The van der Waals surface area contributed by atoms with E-state index in [1.807, 2.05) is 6.07 Å². The molecule has 0 heterocycles. The van der Waals surface area contributed by atoms with E-state index < -0.39 is 0 Å². The number of aryl methyl sites for hydroxylation is 2. The molecule has 0 amide bonds. The Morgan fingerprint density at radius 3 is 2.50 bits per heavy atom. The number of benzene rings is 2. The molecule has 0 saturated carbocycles.